The number of hydrogen-bond acceptors (Lipinski definition) is 10. The maximum atomic E-state index is 11.5. The van der Waals surface area contributed by atoms with Gasteiger partial charge in [0.05, 0.1) is 6.61 Å². The van der Waals surface area contributed by atoms with Crippen molar-refractivity contribution in [1.29, 1.82) is 0 Å². The van der Waals surface area contributed by atoms with Crippen molar-refractivity contribution in [2.24, 2.45) is 0 Å². The molecule has 1 fully saturated rings. The number of allylic oxidation sites excluding steroid dienone is 2. The van der Waals surface area contributed by atoms with Crippen molar-refractivity contribution < 1.29 is 30.0 Å². The Morgan fingerprint density at radius 1 is 1.13 bits per heavy atom. The summed E-state index contributed by atoms with van der Waals surface area (Å²) in [6.07, 6.45) is 3.66. The molecule has 7 N–H and O–H groups in total. The lowest BCUT2D eigenvalue weighted by Gasteiger charge is -2.16. The SMILES string of the molecule is C1=CNOC=C1.Nc1ccn([C@@H]2O[C@H](CO)[C@@H](O)[C@H]2O)c(=O)n1.Oc1ccccc1. The van der Waals surface area contributed by atoms with Gasteiger partial charge in [-0.3, -0.25) is 4.57 Å². The summed E-state index contributed by atoms with van der Waals surface area (Å²) in [6.45, 7) is -0.453. The monoisotopic (exact) mass is 420 g/mol. The van der Waals surface area contributed by atoms with Crippen LogP contribution in [0.4, 0.5) is 5.82 Å². The Kier molecular flexibility index (Phi) is 8.84. The van der Waals surface area contributed by atoms with Gasteiger partial charge in [-0.25, -0.2) is 10.3 Å². The Hall–Kier alpha value is -3.38. The summed E-state index contributed by atoms with van der Waals surface area (Å²) < 4.78 is 6.19. The molecule has 2 aliphatic rings. The van der Waals surface area contributed by atoms with Crippen molar-refractivity contribution in [3.05, 3.63) is 77.7 Å². The number of nitrogen functional groups attached to an aromatic ring is 1. The molecule has 0 saturated carbocycles. The summed E-state index contributed by atoms with van der Waals surface area (Å²) in [7, 11) is 0. The summed E-state index contributed by atoms with van der Waals surface area (Å²) in [4.78, 5) is 19.5. The maximum absolute atomic E-state index is 11.5. The average Bonchev–Trinajstić information content (AvgIpc) is 3.05. The van der Waals surface area contributed by atoms with Crippen LogP contribution in [-0.4, -0.2) is 54.9 Å². The van der Waals surface area contributed by atoms with E-state index in [4.69, 9.17) is 20.7 Å². The summed E-state index contributed by atoms with van der Waals surface area (Å²) in [5.41, 5.74) is 7.15. The van der Waals surface area contributed by atoms with Gasteiger partial charge in [-0.1, -0.05) is 18.2 Å². The molecular formula is C19H24N4O7. The lowest BCUT2D eigenvalue weighted by atomic mass is 10.1. The van der Waals surface area contributed by atoms with Gasteiger partial charge < -0.3 is 35.7 Å². The van der Waals surface area contributed by atoms with Crippen LogP contribution in [0.3, 0.4) is 0 Å². The van der Waals surface area contributed by atoms with Gasteiger partial charge in [-0.2, -0.15) is 4.98 Å². The minimum absolute atomic E-state index is 0.0537. The van der Waals surface area contributed by atoms with E-state index in [1.54, 1.807) is 42.8 Å². The van der Waals surface area contributed by atoms with E-state index in [1.165, 1.54) is 12.3 Å². The fraction of sp³-hybridized carbons (Fsp3) is 0.263. The predicted octanol–water partition coefficient (Wildman–Crippen LogP) is -0.622. The van der Waals surface area contributed by atoms with E-state index in [2.05, 4.69) is 15.3 Å². The minimum Gasteiger partial charge on any atom is -0.508 e. The lowest BCUT2D eigenvalue weighted by molar-refractivity contribution is -0.0549. The lowest BCUT2D eigenvalue weighted by Crippen LogP contribution is -2.36. The van der Waals surface area contributed by atoms with Crippen molar-refractivity contribution >= 4 is 5.82 Å². The number of ether oxygens (including phenoxy) is 1. The third-order valence-electron chi connectivity index (χ3n) is 3.89. The highest BCUT2D eigenvalue weighted by molar-refractivity contribution is 5.23. The molecule has 2 aromatic rings. The number of para-hydroxylation sites is 1. The summed E-state index contributed by atoms with van der Waals surface area (Å²) >= 11 is 0. The van der Waals surface area contributed by atoms with Crippen LogP contribution in [0.1, 0.15) is 6.23 Å². The molecule has 0 radical (unpaired) electrons. The molecular weight excluding hydrogens is 396 g/mol. The van der Waals surface area contributed by atoms with E-state index in [-0.39, 0.29) is 5.82 Å². The van der Waals surface area contributed by atoms with E-state index in [0.717, 1.165) is 4.57 Å². The number of aromatic nitrogens is 2. The van der Waals surface area contributed by atoms with Crippen molar-refractivity contribution in [2.75, 3.05) is 12.3 Å². The Labute approximate surface area is 171 Å². The highest BCUT2D eigenvalue weighted by Crippen LogP contribution is 2.27. The molecule has 0 spiro atoms. The summed E-state index contributed by atoms with van der Waals surface area (Å²) in [6, 6.07) is 10.1. The zero-order valence-corrected chi connectivity index (χ0v) is 15.9. The molecule has 0 aliphatic carbocycles. The van der Waals surface area contributed by atoms with Gasteiger partial charge in [-0.05, 0) is 30.4 Å². The molecule has 0 bridgehead atoms. The number of aliphatic hydroxyl groups excluding tert-OH is 3. The van der Waals surface area contributed by atoms with Gasteiger partial charge in [-0.15, -0.1) is 0 Å². The van der Waals surface area contributed by atoms with Crippen LogP contribution in [0.5, 0.6) is 5.75 Å². The molecule has 4 atom stereocenters. The maximum Gasteiger partial charge on any atom is 0.351 e. The van der Waals surface area contributed by atoms with Crippen LogP contribution < -0.4 is 16.9 Å². The number of rotatable bonds is 2. The first-order valence-corrected chi connectivity index (χ1v) is 8.88. The van der Waals surface area contributed by atoms with Crippen LogP contribution in [-0.2, 0) is 9.57 Å². The number of nitrogens with one attached hydrogen (secondary N) is 1. The van der Waals surface area contributed by atoms with Crippen molar-refractivity contribution in [3.8, 4) is 5.75 Å². The first-order chi connectivity index (χ1) is 14.4. The van der Waals surface area contributed by atoms with Crippen molar-refractivity contribution in [3.63, 3.8) is 0 Å². The number of nitrogens with zero attached hydrogens (tertiary/aromatic N) is 2. The second-order valence-corrected chi connectivity index (χ2v) is 6.03. The van der Waals surface area contributed by atoms with Gasteiger partial charge in [0, 0.05) is 12.4 Å². The highest BCUT2D eigenvalue weighted by atomic mass is 16.6. The predicted molar refractivity (Wildman–Crippen MR) is 107 cm³/mol. The van der Waals surface area contributed by atoms with Crippen LogP contribution >= 0.6 is 0 Å². The number of nitrogens with two attached hydrogens (primary N) is 1. The number of phenolic OH excluding ortho intramolecular Hbond substituents is 1. The molecule has 1 aromatic heterocycles. The summed E-state index contributed by atoms with van der Waals surface area (Å²) in [5, 5.41) is 36.8. The highest BCUT2D eigenvalue weighted by Gasteiger charge is 2.43. The van der Waals surface area contributed by atoms with Crippen molar-refractivity contribution in [1.82, 2.24) is 15.0 Å². The fourth-order valence-corrected chi connectivity index (χ4v) is 2.42. The quantitative estimate of drug-likeness (QED) is 0.367. The third-order valence-corrected chi connectivity index (χ3v) is 3.89. The Bertz CT molecular complexity index is 876. The van der Waals surface area contributed by atoms with Gasteiger partial charge in [0.2, 0.25) is 0 Å². The van der Waals surface area contributed by atoms with Crippen LogP contribution in [0.25, 0.3) is 0 Å². The standard InChI is InChI=1S/C9H13N3O5.C6H6O.C4H5NO/c10-5-1-2-12(9(16)11-5)8-7(15)6(14)4(3-13)17-8;7-6-4-2-1-3-5-6;1-2-4-6-5-3-1/h1-2,4,6-8,13-15H,3H2,(H2,10,11,16);1-5,7H;1-5H/t4-,6-,7-,8-;;/m1../s1. The molecule has 3 heterocycles. The number of hydroxylamine groups is 1. The first kappa shape index (κ1) is 22.9. The Morgan fingerprint density at radius 3 is 2.27 bits per heavy atom. The molecule has 0 amide bonds. The molecule has 1 saturated heterocycles. The van der Waals surface area contributed by atoms with E-state index < -0.39 is 36.8 Å². The number of aromatic hydroxyl groups is 1. The largest absolute Gasteiger partial charge is 0.508 e. The number of phenols is 1. The van der Waals surface area contributed by atoms with E-state index in [1.807, 2.05) is 12.1 Å². The summed E-state index contributed by atoms with van der Waals surface area (Å²) in [5.74, 6) is 0.375. The number of anilines is 1. The van der Waals surface area contributed by atoms with Crippen molar-refractivity contribution in [2.45, 2.75) is 24.5 Å². The molecule has 11 heteroatoms. The molecule has 11 nitrogen and oxygen atoms in total. The Balaban J connectivity index is 0.000000200. The van der Waals surface area contributed by atoms with Crippen LogP contribution in [0, 0.1) is 0 Å². The minimum atomic E-state index is -1.31. The molecule has 1 aromatic carbocycles. The first-order valence-electron chi connectivity index (χ1n) is 8.88. The van der Waals surface area contributed by atoms with Gasteiger partial charge >= 0.3 is 5.69 Å². The number of aliphatic hydroxyl groups is 3. The molecule has 2 aliphatic heterocycles. The third kappa shape index (κ3) is 6.60. The van der Waals surface area contributed by atoms with Gasteiger partial charge in [0.25, 0.3) is 0 Å². The van der Waals surface area contributed by atoms with E-state index in [0.29, 0.717) is 5.75 Å². The molecule has 162 valence electrons. The number of benzene rings is 1. The van der Waals surface area contributed by atoms with E-state index >= 15 is 0 Å². The van der Waals surface area contributed by atoms with Crippen LogP contribution in [0.15, 0.2) is 72.0 Å². The fourth-order valence-electron chi connectivity index (χ4n) is 2.42. The smallest absolute Gasteiger partial charge is 0.351 e. The molecule has 30 heavy (non-hydrogen) atoms. The second-order valence-electron chi connectivity index (χ2n) is 6.03. The van der Waals surface area contributed by atoms with Crippen LogP contribution in [0.2, 0.25) is 0 Å². The van der Waals surface area contributed by atoms with E-state index in [9.17, 15) is 15.0 Å². The normalized spacial score (nSPS) is 23.8. The van der Waals surface area contributed by atoms with Gasteiger partial charge in [0.15, 0.2) is 6.23 Å². The zero-order chi connectivity index (χ0) is 21.9. The average molecular weight is 420 g/mol. The number of hydrogen-bond donors (Lipinski definition) is 6. The second kappa shape index (κ2) is 11.6. The molecule has 0 unspecified atom stereocenters. The Morgan fingerprint density at radius 2 is 1.87 bits per heavy atom. The van der Waals surface area contributed by atoms with Gasteiger partial charge in [0.1, 0.15) is 36.1 Å². The topological polar surface area (TPSA) is 172 Å². The zero-order valence-electron chi connectivity index (χ0n) is 15.9. The molecule has 4 rings (SSSR count).